The third-order valence-electron chi connectivity index (χ3n) is 26.0. The van der Waals surface area contributed by atoms with Gasteiger partial charge in [-0.15, -0.1) is 0 Å². The molecule has 7 aliphatic rings. The molecule has 23 nitrogen and oxygen atoms in total. The standard InChI is InChI=1S/C89H97N15O8/c1-49(2)77(99-87(109)111-6)85(107)103-39-13-16-70(103)79-91-44-66(95-79)55-26-18-51(19-27-55)54-24-32-58(33-25-54)69-47-94-82(98-69)74-61-41-64(65(42-61)76(74)84(106)102(5)72-17-11-12-38-90-72)62-43-71(104(48-62)86(108)78(50(3)4)100-88(110)112-7)80-92-45-67(96-80)56-28-20-52(21-29-56)53-22-30-57(31-23-53)68-46-93-81(97-68)73-59-34-35-60(40-59)75(73)83(105)101-89(36-37-89)63-14-9-8-10-15-63/h8-12,14-15,17-33,38,44-47,49-50,59-62,64-65,70-71,73-78H,13,16,34-37,39-43,48H2,1-7H3,(H,91,95)(H,92,96)(H,93,97)(H,94,98)(H,99,109)(H,100,110)(H,101,105)/t59-,60+,61-,62?,64?,65-,70-,71-,73+,74+,75+,76+,77-,78-/m0/s1. The van der Waals surface area contributed by atoms with Crippen molar-refractivity contribution in [2.24, 2.45) is 59.2 Å². The van der Waals surface area contributed by atoms with Crippen LogP contribution in [0.15, 0.2) is 177 Å². The number of rotatable bonds is 22. The molecule has 4 bridgehead atoms. The molecule has 0 radical (unpaired) electrons. The normalized spacial score (nSPS) is 24.5. The Morgan fingerprint density at radius 1 is 0.473 bits per heavy atom. The molecule has 112 heavy (non-hydrogen) atoms. The number of benzene rings is 5. The summed E-state index contributed by atoms with van der Waals surface area (Å²) in [5, 5.41) is 9.10. The van der Waals surface area contributed by atoms with Crippen LogP contribution in [0.2, 0.25) is 0 Å². The van der Waals surface area contributed by atoms with Gasteiger partial charge in [0.2, 0.25) is 23.6 Å². The molecule has 5 saturated carbocycles. The minimum atomic E-state index is -0.868. The molecule has 6 amide bonds. The number of nitrogens with zero attached hydrogens (tertiary/aromatic N) is 8. The van der Waals surface area contributed by atoms with E-state index in [4.69, 9.17) is 29.4 Å². The van der Waals surface area contributed by atoms with Crippen LogP contribution in [-0.2, 0) is 34.2 Å². The summed E-state index contributed by atoms with van der Waals surface area (Å²) >= 11 is 0. The minimum absolute atomic E-state index is 0.0104. The van der Waals surface area contributed by atoms with Gasteiger partial charge < -0.3 is 55.2 Å². The molecule has 0 spiro atoms. The van der Waals surface area contributed by atoms with Crippen LogP contribution in [0.5, 0.6) is 0 Å². The predicted molar refractivity (Wildman–Crippen MR) is 425 cm³/mol. The number of aromatic amines is 4. The van der Waals surface area contributed by atoms with Crippen LogP contribution in [0.25, 0.3) is 67.3 Å². The Kier molecular flexibility index (Phi) is 19.8. The molecule has 7 fully saturated rings. The van der Waals surface area contributed by atoms with Gasteiger partial charge in [-0.3, -0.25) is 24.1 Å². The second-order valence-electron chi connectivity index (χ2n) is 33.0. The van der Waals surface area contributed by atoms with Crippen molar-refractivity contribution < 1.29 is 38.2 Å². The lowest BCUT2D eigenvalue weighted by Crippen LogP contribution is -2.51. The number of aromatic nitrogens is 9. The van der Waals surface area contributed by atoms with E-state index >= 15 is 9.59 Å². The topological polar surface area (TPSA) is 294 Å². The van der Waals surface area contributed by atoms with Gasteiger partial charge in [0, 0.05) is 38.2 Å². The number of amides is 6. The summed E-state index contributed by atoms with van der Waals surface area (Å²) in [6.07, 6.45) is 16.9. The highest BCUT2D eigenvalue weighted by atomic mass is 16.5. The number of fused-ring (bicyclic) bond motifs is 4. The Labute approximate surface area is 651 Å². The first-order chi connectivity index (χ1) is 54.4. The maximum absolute atomic E-state index is 15.5. The fraction of sp³-hybridized carbons (Fsp3) is 0.404. The van der Waals surface area contributed by atoms with E-state index in [1.807, 2.05) is 93.6 Å². The van der Waals surface area contributed by atoms with Crippen LogP contribution in [-0.4, -0.2) is 137 Å². The summed E-state index contributed by atoms with van der Waals surface area (Å²) in [5.41, 5.74) is 12.4. The molecule has 7 N–H and O–H groups in total. The largest absolute Gasteiger partial charge is 0.453 e. The van der Waals surface area contributed by atoms with E-state index in [2.05, 4.69) is 162 Å². The Hall–Kier alpha value is -11.5. The quantitative estimate of drug-likeness (QED) is 0.0333. The SMILES string of the molecule is COC(=O)N[C@H](C(=O)N1CCC[C@H]1c1ncc(-c2ccc(-c3ccc(-c4cnc([C@@H]5[C@H]6CC(C7C[C@@H](c8ncc(-c9ccc(-c%10ccc(-c%11cnc([C@@H]%12[C@H]%13CC[C@H](C%13)[C@H]%12C(=O)NC%12(c%13ccccc%13)CC%12)[nH]%11)cc%10)cc9)[nH]8)N(C(=O)[C@@H](NC(=O)OC)C(C)C)C7)[C@H](C6)[C@H]5C(=O)N(C)c5ccccn5)[nH]4)cc3)cc2)[nH]1)C(C)C. The maximum atomic E-state index is 15.5. The molecule has 5 aromatic heterocycles. The number of ether oxygens (including phenoxy) is 2. The van der Waals surface area contributed by atoms with Crippen LogP contribution in [0.1, 0.15) is 145 Å². The van der Waals surface area contributed by atoms with Crippen LogP contribution in [0, 0.1) is 59.2 Å². The van der Waals surface area contributed by atoms with Crippen LogP contribution in [0.4, 0.5) is 15.4 Å². The summed E-state index contributed by atoms with van der Waals surface area (Å²) < 4.78 is 9.89. The van der Waals surface area contributed by atoms with E-state index in [0.29, 0.717) is 48.8 Å². The highest BCUT2D eigenvalue weighted by Gasteiger charge is 2.61. The van der Waals surface area contributed by atoms with Gasteiger partial charge in [0.1, 0.15) is 41.2 Å². The molecule has 17 rings (SSSR count). The fourth-order valence-electron chi connectivity index (χ4n) is 20.1. The zero-order valence-electron chi connectivity index (χ0n) is 64.3. The van der Waals surface area contributed by atoms with Gasteiger partial charge in [0.05, 0.1) is 91.2 Å². The Morgan fingerprint density at radius 3 is 1.42 bits per heavy atom. The number of methoxy groups -OCH3 is 2. The summed E-state index contributed by atoms with van der Waals surface area (Å²) in [4.78, 5) is 128. The predicted octanol–water partition coefficient (Wildman–Crippen LogP) is 14.9. The molecular formula is C89H97N15O8. The summed E-state index contributed by atoms with van der Waals surface area (Å²) in [5.74, 6) is 3.20. The smallest absolute Gasteiger partial charge is 0.407 e. The summed E-state index contributed by atoms with van der Waals surface area (Å²) in [6, 6.07) is 47.3. The van der Waals surface area contributed by atoms with Crippen molar-refractivity contribution >= 4 is 41.6 Å². The number of H-pyrrole nitrogens is 4. The molecule has 5 aromatic carbocycles. The lowest BCUT2D eigenvalue weighted by Gasteiger charge is -2.38. The Bertz CT molecular complexity index is 5090. The van der Waals surface area contributed by atoms with Crippen LogP contribution in [0.3, 0.4) is 0 Å². The number of imidazole rings is 4. The molecule has 23 heteroatoms. The van der Waals surface area contributed by atoms with Crippen LogP contribution >= 0.6 is 0 Å². The highest BCUT2D eigenvalue weighted by Crippen LogP contribution is 2.63. The van der Waals surface area contributed by atoms with Gasteiger partial charge >= 0.3 is 12.2 Å². The zero-order chi connectivity index (χ0) is 77.2. The lowest BCUT2D eigenvalue weighted by atomic mass is 9.68. The van der Waals surface area contributed by atoms with Crippen molar-refractivity contribution in [2.75, 3.05) is 39.3 Å². The lowest BCUT2D eigenvalue weighted by molar-refractivity contribution is -0.136. The minimum Gasteiger partial charge on any atom is -0.453 e. The molecule has 14 atom stereocenters. The molecular weight excluding hydrogens is 1410 g/mol. The number of hydrogen-bond acceptors (Lipinski definition) is 13. The molecule has 10 aromatic rings. The van der Waals surface area contributed by atoms with Crippen molar-refractivity contribution in [1.29, 1.82) is 0 Å². The molecule has 576 valence electrons. The first-order valence-electron chi connectivity index (χ1n) is 39.9. The molecule has 2 aliphatic heterocycles. The molecule has 2 unspecified atom stereocenters. The van der Waals surface area contributed by atoms with Gasteiger partial charge in [-0.25, -0.2) is 34.5 Å². The van der Waals surface area contributed by atoms with E-state index in [1.165, 1.54) is 19.8 Å². The Balaban J connectivity index is 0.579. The van der Waals surface area contributed by atoms with Crippen molar-refractivity contribution in [3.8, 4) is 67.3 Å². The fourth-order valence-corrected chi connectivity index (χ4v) is 20.1. The van der Waals surface area contributed by atoms with Gasteiger partial charge in [-0.2, -0.15) is 0 Å². The van der Waals surface area contributed by atoms with Gasteiger partial charge in [-0.05, 0) is 174 Å². The first kappa shape index (κ1) is 73.3. The van der Waals surface area contributed by atoms with Crippen LogP contribution < -0.4 is 20.9 Å². The van der Waals surface area contributed by atoms with Crippen molar-refractivity contribution in [1.82, 2.24) is 70.6 Å². The van der Waals surface area contributed by atoms with E-state index < -0.39 is 36.2 Å². The van der Waals surface area contributed by atoms with E-state index in [9.17, 15) is 19.2 Å². The second kappa shape index (κ2) is 30.3. The number of hydrogen-bond donors (Lipinski definition) is 7. The number of likely N-dealkylation sites (tertiary alicyclic amines) is 2. The third kappa shape index (κ3) is 13.9. The number of anilines is 1. The maximum Gasteiger partial charge on any atom is 0.407 e. The Morgan fingerprint density at radius 2 is 0.929 bits per heavy atom. The number of carbonyl (C=O) groups excluding carboxylic acids is 6. The number of pyridine rings is 1. The third-order valence-corrected chi connectivity index (χ3v) is 26.0. The zero-order valence-corrected chi connectivity index (χ0v) is 64.3. The molecule has 2 saturated heterocycles. The number of carbonyl (C=O) groups is 6. The molecule has 5 aliphatic carbocycles. The van der Waals surface area contributed by atoms with Crippen molar-refractivity contribution in [3.05, 3.63) is 205 Å². The van der Waals surface area contributed by atoms with E-state index in [1.54, 1.807) is 11.1 Å². The monoisotopic (exact) mass is 1500 g/mol. The second-order valence-corrected chi connectivity index (χ2v) is 33.0. The van der Waals surface area contributed by atoms with E-state index in [-0.39, 0.29) is 88.5 Å². The van der Waals surface area contributed by atoms with Crippen molar-refractivity contribution in [2.45, 2.75) is 133 Å². The molecule has 7 heterocycles. The van der Waals surface area contributed by atoms with Crippen molar-refractivity contribution in [3.63, 3.8) is 0 Å². The average molecular weight is 1500 g/mol. The van der Waals surface area contributed by atoms with Gasteiger partial charge in [0.15, 0.2) is 0 Å². The average Bonchev–Trinajstić information content (AvgIpc) is 1.58. The van der Waals surface area contributed by atoms with E-state index in [0.717, 1.165) is 137 Å². The summed E-state index contributed by atoms with van der Waals surface area (Å²) in [7, 11) is 4.40. The van der Waals surface area contributed by atoms with Gasteiger partial charge in [0.25, 0.3) is 0 Å². The first-order valence-corrected chi connectivity index (χ1v) is 39.9. The highest BCUT2D eigenvalue weighted by molar-refractivity contribution is 5.95. The van der Waals surface area contributed by atoms with Gasteiger partial charge in [-0.1, -0.05) is 161 Å². The number of nitrogens with one attached hydrogen (secondary N) is 7. The number of alkyl carbamates (subject to hydrolysis) is 2. The summed E-state index contributed by atoms with van der Waals surface area (Å²) in [6.45, 7) is 8.62.